The highest BCUT2D eigenvalue weighted by molar-refractivity contribution is 6.26. The molecule has 5 nitrogen and oxygen atoms in total. The maximum absolute atomic E-state index is 10.7. The van der Waals surface area contributed by atoms with E-state index in [0.717, 1.165) is 32.0 Å². The molecule has 0 fully saturated rings. The van der Waals surface area contributed by atoms with Crippen LogP contribution in [0.15, 0.2) is 12.4 Å². The van der Waals surface area contributed by atoms with Crippen LogP contribution in [0.3, 0.4) is 0 Å². The van der Waals surface area contributed by atoms with E-state index >= 15 is 0 Å². The van der Waals surface area contributed by atoms with Crippen molar-refractivity contribution in [3.8, 4) is 0 Å². The largest absolute Gasteiger partial charge is 0.305 e. The Morgan fingerprint density at radius 3 is 2.93 bits per heavy atom. The van der Waals surface area contributed by atoms with E-state index in [2.05, 4.69) is 10.3 Å². The average Bonchev–Trinajstić information content (AvgIpc) is 2.69. The molecule has 0 radical (unpaired) electrons. The summed E-state index contributed by atoms with van der Waals surface area (Å²) in [6.45, 7) is 0.846. The molecule has 1 aromatic heterocycles. The molecule has 1 N–H and O–H groups in total. The molecule has 0 saturated carbocycles. The number of unbranched alkanes of at least 4 members (excludes halogenated alkanes) is 2. The Balaban J connectivity index is 2.00. The van der Waals surface area contributed by atoms with Gasteiger partial charge in [-0.1, -0.05) is 11.6 Å². The number of hydrogen-bond acceptors (Lipinski definition) is 4. The fourth-order valence-corrected chi connectivity index (χ4v) is 1.17. The third-order valence-corrected chi connectivity index (χ3v) is 1.94. The van der Waals surface area contributed by atoms with Crippen molar-refractivity contribution in [1.82, 2.24) is 15.0 Å². The lowest BCUT2D eigenvalue weighted by Crippen LogP contribution is -2.00. The molecule has 0 saturated heterocycles. The van der Waals surface area contributed by atoms with Crippen molar-refractivity contribution < 1.29 is 4.79 Å². The average molecular weight is 194 g/mol. The van der Waals surface area contributed by atoms with Gasteiger partial charge in [0.25, 0.3) is 0 Å². The normalized spacial score (nSPS) is 10.0. The van der Waals surface area contributed by atoms with Crippen molar-refractivity contribution in [1.29, 1.82) is 5.41 Å². The minimum absolute atomic E-state index is 0.0919. The molecule has 0 aromatic carbocycles. The molecular formula is C9H14N4O. The Labute approximate surface area is 82.6 Å². The second-order valence-electron chi connectivity index (χ2n) is 3.09. The predicted octanol–water partition coefficient (Wildman–Crippen LogP) is 1.06. The molecule has 0 aliphatic carbocycles. The van der Waals surface area contributed by atoms with Gasteiger partial charge in [-0.25, -0.2) is 0 Å². The molecule has 14 heavy (non-hydrogen) atoms. The second kappa shape index (κ2) is 6.01. The van der Waals surface area contributed by atoms with E-state index in [9.17, 15) is 4.79 Å². The van der Waals surface area contributed by atoms with Crippen molar-refractivity contribution in [2.45, 2.75) is 32.2 Å². The molecular weight excluding hydrogens is 180 g/mol. The van der Waals surface area contributed by atoms with E-state index in [-0.39, 0.29) is 5.78 Å². The minimum Gasteiger partial charge on any atom is -0.305 e. The number of rotatable bonds is 7. The van der Waals surface area contributed by atoms with Crippen LogP contribution in [0.25, 0.3) is 0 Å². The molecule has 1 aromatic rings. The van der Waals surface area contributed by atoms with Crippen molar-refractivity contribution in [3.63, 3.8) is 0 Å². The Bertz CT molecular complexity index is 281. The Hall–Kier alpha value is -1.52. The summed E-state index contributed by atoms with van der Waals surface area (Å²) in [5.41, 5.74) is 0. The zero-order valence-corrected chi connectivity index (χ0v) is 8.02. The highest BCUT2D eigenvalue weighted by atomic mass is 16.1. The lowest BCUT2D eigenvalue weighted by molar-refractivity contribution is -0.112. The molecule has 0 spiro atoms. The van der Waals surface area contributed by atoms with Gasteiger partial charge in [0.2, 0.25) is 0 Å². The van der Waals surface area contributed by atoms with E-state index in [1.54, 1.807) is 10.9 Å². The fourth-order valence-electron chi connectivity index (χ4n) is 1.17. The van der Waals surface area contributed by atoms with Crippen LogP contribution in [-0.2, 0) is 11.3 Å². The van der Waals surface area contributed by atoms with Gasteiger partial charge in [0.15, 0.2) is 5.78 Å². The van der Waals surface area contributed by atoms with Crippen LogP contribution in [0, 0.1) is 5.41 Å². The standard InChI is InChI=1S/C9H14N4O/c10-8-9(14)4-2-1-3-6-13-7-5-11-12-13/h5,7-8,10H,1-4,6H2. The minimum atomic E-state index is -0.0919. The number of aryl methyl sites for hydroxylation is 1. The van der Waals surface area contributed by atoms with Gasteiger partial charge in [-0.2, -0.15) is 0 Å². The zero-order valence-electron chi connectivity index (χ0n) is 8.02. The highest BCUT2D eigenvalue weighted by Gasteiger charge is 1.97. The number of Topliss-reactive ketones (excluding diaryl/α,β-unsaturated/α-hetero) is 1. The number of carbonyl (C=O) groups is 1. The lowest BCUT2D eigenvalue weighted by Gasteiger charge is -1.99. The molecule has 0 aliphatic heterocycles. The van der Waals surface area contributed by atoms with Crippen LogP contribution in [0.5, 0.6) is 0 Å². The molecule has 0 atom stereocenters. The van der Waals surface area contributed by atoms with E-state index in [1.807, 2.05) is 6.20 Å². The second-order valence-corrected chi connectivity index (χ2v) is 3.09. The van der Waals surface area contributed by atoms with Crippen molar-refractivity contribution in [3.05, 3.63) is 12.4 Å². The van der Waals surface area contributed by atoms with Gasteiger partial charge in [-0.05, 0) is 12.8 Å². The van der Waals surface area contributed by atoms with Crippen LogP contribution in [0.1, 0.15) is 25.7 Å². The van der Waals surface area contributed by atoms with Crippen LogP contribution in [0.2, 0.25) is 0 Å². The van der Waals surface area contributed by atoms with Crippen LogP contribution in [0.4, 0.5) is 0 Å². The summed E-state index contributed by atoms with van der Waals surface area (Å²) in [5.74, 6) is -0.0919. The van der Waals surface area contributed by atoms with Gasteiger partial charge in [0, 0.05) is 19.2 Å². The van der Waals surface area contributed by atoms with Crippen molar-refractivity contribution in [2.24, 2.45) is 0 Å². The first-order valence-electron chi connectivity index (χ1n) is 4.70. The predicted molar refractivity (Wildman–Crippen MR) is 52.3 cm³/mol. The maximum Gasteiger partial charge on any atom is 0.173 e. The number of nitrogens with one attached hydrogen (secondary N) is 1. The summed E-state index contributed by atoms with van der Waals surface area (Å²) in [5, 5.41) is 14.2. The summed E-state index contributed by atoms with van der Waals surface area (Å²) in [6, 6.07) is 0. The number of aromatic nitrogens is 3. The first kappa shape index (κ1) is 10.6. The Morgan fingerprint density at radius 2 is 2.29 bits per heavy atom. The summed E-state index contributed by atoms with van der Waals surface area (Å²) in [4.78, 5) is 10.7. The molecule has 0 bridgehead atoms. The molecule has 1 heterocycles. The first-order chi connectivity index (χ1) is 6.83. The maximum atomic E-state index is 10.7. The third kappa shape index (κ3) is 3.93. The summed E-state index contributed by atoms with van der Waals surface area (Å²) >= 11 is 0. The van der Waals surface area contributed by atoms with Gasteiger partial charge >= 0.3 is 0 Å². The Morgan fingerprint density at radius 1 is 1.43 bits per heavy atom. The smallest absolute Gasteiger partial charge is 0.173 e. The lowest BCUT2D eigenvalue weighted by atomic mass is 10.1. The number of nitrogens with zero attached hydrogens (tertiary/aromatic N) is 3. The van der Waals surface area contributed by atoms with E-state index < -0.39 is 0 Å². The van der Waals surface area contributed by atoms with Gasteiger partial charge in [-0.3, -0.25) is 9.48 Å². The van der Waals surface area contributed by atoms with Gasteiger partial charge in [0.05, 0.1) is 12.4 Å². The number of hydrogen-bond donors (Lipinski definition) is 1. The molecule has 5 heteroatoms. The van der Waals surface area contributed by atoms with Crippen LogP contribution in [-0.4, -0.2) is 27.0 Å². The summed E-state index contributed by atoms with van der Waals surface area (Å²) in [7, 11) is 0. The zero-order chi connectivity index (χ0) is 10.2. The van der Waals surface area contributed by atoms with Crippen LogP contribution < -0.4 is 0 Å². The number of ketones is 1. The van der Waals surface area contributed by atoms with Crippen LogP contribution >= 0.6 is 0 Å². The van der Waals surface area contributed by atoms with Gasteiger partial charge in [-0.15, -0.1) is 5.10 Å². The van der Waals surface area contributed by atoms with E-state index in [1.165, 1.54) is 0 Å². The van der Waals surface area contributed by atoms with Gasteiger partial charge in [0.1, 0.15) is 0 Å². The molecule has 0 amide bonds. The molecule has 1 rings (SSSR count). The SMILES string of the molecule is N=CC(=O)CCCCCn1ccnn1. The molecule has 76 valence electrons. The molecule has 0 aliphatic rings. The summed E-state index contributed by atoms with van der Waals surface area (Å²) < 4.78 is 1.78. The molecule has 0 unspecified atom stereocenters. The monoisotopic (exact) mass is 194 g/mol. The van der Waals surface area contributed by atoms with Crippen molar-refractivity contribution in [2.75, 3.05) is 0 Å². The van der Waals surface area contributed by atoms with E-state index in [4.69, 9.17) is 5.41 Å². The van der Waals surface area contributed by atoms with E-state index in [0.29, 0.717) is 6.42 Å². The fraction of sp³-hybridized carbons (Fsp3) is 0.556. The number of carbonyl (C=O) groups excluding carboxylic acids is 1. The van der Waals surface area contributed by atoms with Crippen molar-refractivity contribution >= 4 is 12.0 Å². The quantitative estimate of drug-likeness (QED) is 0.521. The highest BCUT2D eigenvalue weighted by Crippen LogP contribution is 2.01. The summed E-state index contributed by atoms with van der Waals surface area (Å²) in [6.07, 6.45) is 7.68. The first-order valence-corrected chi connectivity index (χ1v) is 4.70. The Kier molecular flexibility index (Phi) is 4.54. The topological polar surface area (TPSA) is 71.6 Å². The van der Waals surface area contributed by atoms with Gasteiger partial charge < -0.3 is 5.41 Å². The third-order valence-electron chi connectivity index (χ3n) is 1.94.